The van der Waals surface area contributed by atoms with Crippen molar-refractivity contribution < 1.29 is 5.11 Å². The van der Waals surface area contributed by atoms with E-state index in [9.17, 15) is 5.11 Å². The van der Waals surface area contributed by atoms with Crippen LogP contribution in [0.3, 0.4) is 0 Å². The van der Waals surface area contributed by atoms with Gasteiger partial charge in [0.2, 0.25) is 0 Å². The number of benzene rings is 2. The monoisotopic (exact) mass is 305 g/mol. The minimum Gasteiger partial charge on any atom is -0.392 e. The zero-order valence-electron chi connectivity index (χ0n) is 10.7. The molecule has 0 aliphatic rings. The number of hydrogen-bond acceptors (Lipinski definition) is 1. The average Bonchev–Trinajstić information content (AvgIpc) is 2.86. The summed E-state index contributed by atoms with van der Waals surface area (Å²) in [5, 5.41) is 11.8. The molecule has 0 bridgehead atoms. The lowest BCUT2D eigenvalue weighted by atomic mass is 10.1. The smallest absolute Gasteiger partial charge is 0.0688 e. The van der Waals surface area contributed by atoms with E-state index in [1.807, 2.05) is 48.7 Å². The summed E-state index contributed by atoms with van der Waals surface area (Å²) in [5.74, 6) is 0. The van der Waals surface area contributed by atoms with Crippen LogP contribution in [0.15, 0.2) is 48.7 Å². The first-order valence-corrected chi connectivity index (χ1v) is 7.07. The molecule has 0 saturated carbocycles. The number of aliphatic hydroxyl groups is 1. The first kappa shape index (κ1) is 13.5. The Bertz CT molecular complexity index is 744. The van der Waals surface area contributed by atoms with E-state index >= 15 is 0 Å². The Kier molecular flexibility index (Phi) is 3.70. The van der Waals surface area contributed by atoms with E-state index in [0.29, 0.717) is 16.6 Å². The van der Waals surface area contributed by atoms with Crippen LogP contribution in [0.5, 0.6) is 0 Å². The summed E-state index contributed by atoms with van der Waals surface area (Å²) >= 11 is 12.4. The Morgan fingerprint density at radius 3 is 2.35 bits per heavy atom. The lowest BCUT2D eigenvalue weighted by Gasteiger charge is -2.10. The molecule has 0 unspecified atom stereocenters. The van der Waals surface area contributed by atoms with E-state index < -0.39 is 0 Å². The molecule has 0 atom stereocenters. The van der Waals surface area contributed by atoms with Crippen molar-refractivity contribution in [3.63, 3.8) is 0 Å². The number of fused-ring (bicyclic) bond motifs is 1. The summed E-state index contributed by atoms with van der Waals surface area (Å²) in [4.78, 5) is 0. The van der Waals surface area contributed by atoms with Crippen molar-refractivity contribution in [3.8, 4) is 0 Å². The van der Waals surface area contributed by atoms with Gasteiger partial charge in [-0.1, -0.05) is 41.4 Å². The fraction of sp³-hybridized carbons (Fsp3) is 0.125. The van der Waals surface area contributed by atoms with E-state index in [1.54, 1.807) is 0 Å². The van der Waals surface area contributed by atoms with Crippen LogP contribution in [0.1, 0.15) is 11.1 Å². The third-order valence-corrected chi connectivity index (χ3v) is 4.17. The summed E-state index contributed by atoms with van der Waals surface area (Å²) in [6.45, 7) is 0.644. The molecule has 2 aromatic carbocycles. The van der Waals surface area contributed by atoms with Crippen LogP contribution in [0.4, 0.5) is 0 Å². The number of nitrogens with zero attached hydrogens (tertiary/aromatic N) is 1. The van der Waals surface area contributed by atoms with Crippen LogP contribution >= 0.6 is 23.2 Å². The highest BCUT2D eigenvalue weighted by Gasteiger charge is 2.09. The van der Waals surface area contributed by atoms with Gasteiger partial charge in [0.15, 0.2) is 0 Å². The molecule has 3 aromatic rings. The van der Waals surface area contributed by atoms with Crippen molar-refractivity contribution >= 4 is 34.1 Å². The van der Waals surface area contributed by atoms with Crippen molar-refractivity contribution in [1.29, 1.82) is 0 Å². The van der Waals surface area contributed by atoms with E-state index in [2.05, 4.69) is 4.57 Å². The molecule has 2 nitrogen and oxygen atoms in total. The Hall–Kier alpha value is -1.48. The van der Waals surface area contributed by atoms with Crippen LogP contribution in [0.2, 0.25) is 10.0 Å². The van der Waals surface area contributed by atoms with Gasteiger partial charge < -0.3 is 9.67 Å². The minimum absolute atomic E-state index is 0.0359. The molecule has 0 fully saturated rings. The first-order chi connectivity index (χ1) is 9.70. The molecular formula is C16H13Cl2NO. The molecular weight excluding hydrogens is 293 g/mol. The Morgan fingerprint density at radius 2 is 1.65 bits per heavy atom. The molecule has 20 heavy (non-hydrogen) atoms. The van der Waals surface area contributed by atoms with Crippen molar-refractivity contribution in [3.05, 3.63) is 69.8 Å². The molecule has 1 aromatic heterocycles. The van der Waals surface area contributed by atoms with Gasteiger partial charge in [-0.3, -0.25) is 0 Å². The minimum atomic E-state index is 0.0359. The number of halogens is 2. The highest BCUT2D eigenvalue weighted by atomic mass is 35.5. The topological polar surface area (TPSA) is 25.2 Å². The van der Waals surface area contributed by atoms with Crippen LogP contribution < -0.4 is 0 Å². The fourth-order valence-corrected chi connectivity index (χ4v) is 2.93. The SMILES string of the molecule is OCc1cccc2c1ccn2Cc1c(Cl)cccc1Cl. The third kappa shape index (κ3) is 2.31. The summed E-state index contributed by atoms with van der Waals surface area (Å²) < 4.78 is 2.08. The zero-order chi connectivity index (χ0) is 14.1. The number of aliphatic hydroxyl groups excluding tert-OH is 1. The molecule has 0 aliphatic heterocycles. The molecule has 0 spiro atoms. The van der Waals surface area contributed by atoms with Crippen LogP contribution in [0, 0.1) is 0 Å². The van der Waals surface area contributed by atoms with Crippen LogP contribution in [-0.4, -0.2) is 9.67 Å². The molecule has 4 heteroatoms. The molecule has 0 amide bonds. The van der Waals surface area contributed by atoms with Gasteiger partial charge in [-0.05, 0) is 29.8 Å². The Labute approximate surface area is 127 Å². The average molecular weight is 306 g/mol. The largest absolute Gasteiger partial charge is 0.392 e. The first-order valence-electron chi connectivity index (χ1n) is 6.31. The van der Waals surface area contributed by atoms with Crippen molar-refractivity contribution in [2.45, 2.75) is 13.2 Å². The van der Waals surface area contributed by atoms with E-state index in [-0.39, 0.29) is 6.61 Å². The molecule has 1 heterocycles. The third-order valence-electron chi connectivity index (χ3n) is 3.46. The number of aromatic nitrogens is 1. The maximum atomic E-state index is 9.37. The zero-order valence-corrected chi connectivity index (χ0v) is 12.2. The van der Waals surface area contributed by atoms with E-state index in [4.69, 9.17) is 23.2 Å². The Balaban J connectivity index is 2.08. The van der Waals surface area contributed by atoms with Crippen molar-refractivity contribution in [1.82, 2.24) is 4.57 Å². The normalized spacial score (nSPS) is 11.2. The summed E-state index contributed by atoms with van der Waals surface area (Å²) in [6, 6.07) is 13.4. The summed E-state index contributed by atoms with van der Waals surface area (Å²) in [6.07, 6.45) is 1.99. The van der Waals surface area contributed by atoms with Crippen molar-refractivity contribution in [2.24, 2.45) is 0 Å². The maximum absolute atomic E-state index is 9.37. The van der Waals surface area contributed by atoms with Gasteiger partial charge in [-0.25, -0.2) is 0 Å². The lowest BCUT2D eigenvalue weighted by molar-refractivity contribution is 0.283. The van der Waals surface area contributed by atoms with E-state index in [0.717, 1.165) is 22.0 Å². The predicted molar refractivity (Wildman–Crippen MR) is 83.4 cm³/mol. The van der Waals surface area contributed by atoms with Gasteiger partial charge in [0.1, 0.15) is 0 Å². The maximum Gasteiger partial charge on any atom is 0.0688 e. The van der Waals surface area contributed by atoms with E-state index in [1.165, 1.54) is 0 Å². The molecule has 102 valence electrons. The van der Waals surface area contributed by atoms with Gasteiger partial charge in [0.25, 0.3) is 0 Å². The number of rotatable bonds is 3. The lowest BCUT2D eigenvalue weighted by Crippen LogP contribution is -1.99. The quantitative estimate of drug-likeness (QED) is 0.758. The van der Waals surface area contributed by atoms with Crippen LogP contribution in [0.25, 0.3) is 10.9 Å². The predicted octanol–water partition coefficient (Wildman–Crippen LogP) is 4.49. The van der Waals surface area contributed by atoms with Crippen molar-refractivity contribution in [2.75, 3.05) is 0 Å². The van der Waals surface area contributed by atoms with Crippen LogP contribution in [-0.2, 0) is 13.2 Å². The highest BCUT2D eigenvalue weighted by Crippen LogP contribution is 2.27. The molecule has 0 aliphatic carbocycles. The summed E-state index contributed by atoms with van der Waals surface area (Å²) in [5.41, 5.74) is 2.89. The van der Waals surface area contributed by atoms with Gasteiger partial charge in [-0.2, -0.15) is 0 Å². The fourth-order valence-electron chi connectivity index (χ4n) is 2.42. The molecule has 0 radical (unpaired) electrons. The molecule has 3 rings (SSSR count). The molecule has 1 N–H and O–H groups in total. The van der Waals surface area contributed by atoms with Gasteiger partial charge >= 0.3 is 0 Å². The molecule has 0 saturated heterocycles. The summed E-state index contributed by atoms with van der Waals surface area (Å²) in [7, 11) is 0. The Morgan fingerprint density at radius 1 is 0.950 bits per heavy atom. The second kappa shape index (κ2) is 5.49. The van der Waals surface area contributed by atoms with Gasteiger partial charge in [-0.15, -0.1) is 0 Å². The second-order valence-corrected chi connectivity index (χ2v) is 5.47. The van der Waals surface area contributed by atoms with Gasteiger partial charge in [0.05, 0.1) is 13.2 Å². The standard InChI is InChI=1S/C16H13Cl2NO/c17-14-4-2-5-15(18)13(14)9-19-8-7-12-11(10-20)3-1-6-16(12)19/h1-8,20H,9-10H2. The second-order valence-electron chi connectivity index (χ2n) is 4.65. The number of hydrogen-bond donors (Lipinski definition) is 1. The highest BCUT2D eigenvalue weighted by molar-refractivity contribution is 6.36. The van der Waals surface area contributed by atoms with Gasteiger partial charge in [0, 0.05) is 32.7 Å².